The number of halogens is 9. The summed E-state index contributed by atoms with van der Waals surface area (Å²) in [4.78, 5) is 0. The molecular formula is C31H15F9O. The summed E-state index contributed by atoms with van der Waals surface area (Å²) in [5.41, 5.74) is -0.488. The molecule has 0 aromatic heterocycles. The van der Waals surface area contributed by atoms with Gasteiger partial charge in [0.15, 0.2) is 0 Å². The largest absolute Gasteiger partial charge is 0.458 e. The number of rotatable bonds is 4. The highest BCUT2D eigenvalue weighted by atomic mass is 19.4. The minimum Gasteiger partial charge on any atom is -0.429 e. The highest BCUT2D eigenvalue weighted by Gasteiger charge is 2.42. The van der Waals surface area contributed by atoms with Gasteiger partial charge in [-0.3, -0.25) is 0 Å². The zero-order valence-corrected chi connectivity index (χ0v) is 20.7. The Hall–Kier alpha value is -4.65. The number of hydrogen-bond donors (Lipinski definition) is 0. The van der Waals surface area contributed by atoms with E-state index in [1.54, 1.807) is 12.1 Å². The molecule has 10 heteroatoms. The maximum atomic E-state index is 15.3. The molecule has 5 aromatic rings. The topological polar surface area (TPSA) is 9.23 Å². The van der Waals surface area contributed by atoms with Gasteiger partial charge in [-0.1, -0.05) is 47.9 Å². The van der Waals surface area contributed by atoms with Crippen LogP contribution in [0.3, 0.4) is 0 Å². The van der Waals surface area contributed by atoms with Crippen LogP contribution in [0.25, 0.3) is 32.7 Å². The fourth-order valence-corrected chi connectivity index (χ4v) is 4.34. The average Bonchev–Trinajstić information content (AvgIpc) is 2.87. The van der Waals surface area contributed by atoms with Gasteiger partial charge in [-0.2, -0.15) is 22.0 Å². The lowest BCUT2D eigenvalue weighted by atomic mass is 9.98. The van der Waals surface area contributed by atoms with E-state index in [9.17, 15) is 26.3 Å². The number of fused-ring (bicyclic) bond motifs is 2. The van der Waals surface area contributed by atoms with Crippen LogP contribution in [0.4, 0.5) is 39.5 Å². The van der Waals surface area contributed by atoms with E-state index >= 15 is 13.2 Å². The Bertz CT molecular complexity index is 1880. The molecular weight excluding hydrogens is 559 g/mol. The first kappa shape index (κ1) is 27.9. The molecule has 0 aliphatic carbocycles. The number of hydrogen-bond acceptors (Lipinski definition) is 1. The van der Waals surface area contributed by atoms with Gasteiger partial charge in [0.05, 0.1) is 5.56 Å². The number of aryl methyl sites for hydroxylation is 1. The monoisotopic (exact) mass is 574 g/mol. The van der Waals surface area contributed by atoms with Crippen LogP contribution in [-0.2, 0) is 6.11 Å². The van der Waals surface area contributed by atoms with Crippen LogP contribution in [-0.4, -0.2) is 6.18 Å². The van der Waals surface area contributed by atoms with E-state index in [4.69, 9.17) is 0 Å². The standard InChI is InChI=1S/C31H15F9O/c1-16-2-4-17(5-3-16)18-6-8-23-19(12-18)15-26(33)27(29(23)35)31(39,40)41-21-7-9-22-20(13-21)14-25(32)24(28(22)34)10-11-30(36,37)38/h2-9,12-15H,1H3. The van der Waals surface area contributed by atoms with E-state index in [-0.39, 0.29) is 16.2 Å². The van der Waals surface area contributed by atoms with Crippen molar-refractivity contribution in [1.82, 2.24) is 0 Å². The summed E-state index contributed by atoms with van der Waals surface area (Å²) in [7, 11) is 0. The Kier molecular flexibility index (Phi) is 6.85. The maximum absolute atomic E-state index is 15.3. The van der Waals surface area contributed by atoms with Crippen molar-refractivity contribution in [1.29, 1.82) is 0 Å². The minimum absolute atomic E-state index is 0.0266. The van der Waals surface area contributed by atoms with Crippen LogP contribution >= 0.6 is 0 Å². The Labute approximate surface area is 226 Å². The molecule has 0 heterocycles. The lowest BCUT2D eigenvalue weighted by Gasteiger charge is -2.21. The molecule has 0 unspecified atom stereocenters. The van der Waals surface area contributed by atoms with Crippen molar-refractivity contribution >= 4 is 21.5 Å². The molecule has 1 nitrogen and oxygen atoms in total. The van der Waals surface area contributed by atoms with Crippen LogP contribution in [0.5, 0.6) is 5.75 Å². The molecule has 5 aromatic carbocycles. The second kappa shape index (κ2) is 10.1. The number of benzene rings is 5. The summed E-state index contributed by atoms with van der Waals surface area (Å²) in [6.45, 7) is 1.89. The molecule has 0 spiro atoms. The summed E-state index contributed by atoms with van der Waals surface area (Å²) in [6.07, 6.45) is -9.57. The first-order valence-corrected chi connectivity index (χ1v) is 11.8. The third-order valence-corrected chi connectivity index (χ3v) is 6.28. The van der Waals surface area contributed by atoms with Gasteiger partial charge in [-0.15, -0.1) is 0 Å². The van der Waals surface area contributed by atoms with Crippen LogP contribution in [0.2, 0.25) is 0 Å². The van der Waals surface area contributed by atoms with Crippen LogP contribution in [0.15, 0.2) is 72.8 Å². The molecule has 0 radical (unpaired) electrons. The zero-order valence-electron chi connectivity index (χ0n) is 20.7. The van der Waals surface area contributed by atoms with Gasteiger partial charge in [0.1, 0.15) is 34.6 Å². The van der Waals surface area contributed by atoms with Gasteiger partial charge in [0.2, 0.25) is 0 Å². The lowest BCUT2D eigenvalue weighted by Crippen LogP contribution is -2.25. The Morgan fingerprint density at radius 2 is 1.22 bits per heavy atom. The van der Waals surface area contributed by atoms with Gasteiger partial charge in [-0.05, 0) is 65.2 Å². The van der Waals surface area contributed by atoms with Gasteiger partial charge in [0.25, 0.3) is 0 Å². The summed E-state index contributed by atoms with van der Waals surface area (Å²) in [6, 6.07) is 15.2. The van der Waals surface area contributed by atoms with Crippen LogP contribution in [0.1, 0.15) is 16.7 Å². The Morgan fingerprint density at radius 1 is 0.634 bits per heavy atom. The van der Waals surface area contributed by atoms with Crippen molar-refractivity contribution in [3.05, 3.63) is 113 Å². The molecule has 0 atom stereocenters. The second-order valence-electron chi connectivity index (χ2n) is 9.15. The van der Waals surface area contributed by atoms with E-state index in [0.717, 1.165) is 41.3 Å². The number of alkyl halides is 5. The highest BCUT2D eigenvalue weighted by molar-refractivity contribution is 5.89. The first-order chi connectivity index (χ1) is 19.2. The summed E-state index contributed by atoms with van der Waals surface area (Å²) < 4.78 is 131. The molecule has 0 amide bonds. The summed E-state index contributed by atoms with van der Waals surface area (Å²) in [5, 5.41) is -1.08. The van der Waals surface area contributed by atoms with Crippen LogP contribution in [0, 0.1) is 42.0 Å². The normalized spacial score (nSPS) is 12.0. The SMILES string of the molecule is Cc1ccc(-c2ccc3c(F)c(C(F)(F)Oc4ccc5c(F)c(C#CC(F)(F)F)c(F)cc5c4)c(F)cc3c2)cc1. The molecule has 0 saturated carbocycles. The summed E-state index contributed by atoms with van der Waals surface area (Å²) in [5.74, 6) is -4.68. The molecule has 0 aliphatic heterocycles. The van der Waals surface area contributed by atoms with E-state index in [1.807, 2.05) is 19.1 Å². The van der Waals surface area contributed by atoms with Crippen molar-refractivity contribution in [2.24, 2.45) is 0 Å². The van der Waals surface area contributed by atoms with Crippen molar-refractivity contribution in [3.63, 3.8) is 0 Å². The van der Waals surface area contributed by atoms with Gasteiger partial charge >= 0.3 is 12.3 Å². The predicted molar refractivity (Wildman–Crippen MR) is 135 cm³/mol. The zero-order chi connectivity index (χ0) is 29.7. The van der Waals surface area contributed by atoms with Crippen molar-refractivity contribution < 1.29 is 44.3 Å². The quantitative estimate of drug-likeness (QED) is 0.153. The molecule has 0 N–H and O–H groups in total. The predicted octanol–water partition coefficient (Wildman–Crippen LogP) is 9.57. The molecule has 0 saturated heterocycles. The molecule has 0 fully saturated rings. The third-order valence-electron chi connectivity index (χ3n) is 6.28. The van der Waals surface area contributed by atoms with Crippen molar-refractivity contribution in [2.45, 2.75) is 19.2 Å². The molecule has 0 aliphatic rings. The van der Waals surface area contributed by atoms with Crippen molar-refractivity contribution in [2.75, 3.05) is 0 Å². The Morgan fingerprint density at radius 3 is 1.90 bits per heavy atom. The van der Waals surface area contributed by atoms with Gasteiger partial charge in [0, 0.05) is 16.7 Å². The lowest BCUT2D eigenvalue weighted by molar-refractivity contribution is -0.189. The highest BCUT2D eigenvalue weighted by Crippen LogP contribution is 2.39. The number of ether oxygens (including phenoxy) is 1. The van der Waals surface area contributed by atoms with Crippen LogP contribution < -0.4 is 4.74 Å². The van der Waals surface area contributed by atoms with E-state index in [0.29, 0.717) is 11.6 Å². The van der Waals surface area contributed by atoms with E-state index in [2.05, 4.69) is 4.74 Å². The average molecular weight is 574 g/mol. The second-order valence-corrected chi connectivity index (χ2v) is 9.15. The smallest absolute Gasteiger partial charge is 0.429 e. The maximum Gasteiger partial charge on any atom is 0.458 e. The van der Waals surface area contributed by atoms with Crippen molar-refractivity contribution in [3.8, 4) is 28.7 Å². The Balaban J connectivity index is 1.50. The van der Waals surface area contributed by atoms with E-state index < -0.39 is 57.8 Å². The van der Waals surface area contributed by atoms with Gasteiger partial charge < -0.3 is 4.74 Å². The first-order valence-electron chi connectivity index (χ1n) is 11.8. The van der Waals surface area contributed by atoms with E-state index in [1.165, 1.54) is 24.1 Å². The fraction of sp³-hybridized carbons (Fsp3) is 0.0968. The summed E-state index contributed by atoms with van der Waals surface area (Å²) >= 11 is 0. The minimum atomic E-state index is -5.01. The molecule has 208 valence electrons. The fourth-order valence-electron chi connectivity index (χ4n) is 4.34. The molecule has 41 heavy (non-hydrogen) atoms. The third kappa shape index (κ3) is 5.53. The van der Waals surface area contributed by atoms with Gasteiger partial charge in [-0.25, -0.2) is 17.6 Å². The molecule has 0 bridgehead atoms. The molecule has 5 rings (SSSR count).